The minimum Gasteiger partial charge on any atom is -0.268 e. The summed E-state index contributed by atoms with van der Waals surface area (Å²) in [6, 6.07) is 1.23. The van der Waals surface area contributed by atoms with Gasteiger partial charge in [-0.05, 0) is 21.5 Å². The Balaban J connectivity index is 3.16. The second kappa shape index (κ2) is 5.46. The van der Waals surface area contributed by atoms with Gasteiger partial charge in [-0.3, -0.25) is 14.7 Å². The zero-order chi connectivity index (χ0) is 12.1. The molecule has 4 nitrogen and oxygen atoms in total. The van der Waals surface area contributed by atoms with Crippen LogP contribution in [0.4, 0.5) is 0 Å². The third-order valence-corrected chi connectivity index (χ3v) is 2.49. The minimum atomic E-state index is -0.346. The van der Waals surface area contributed by atoms with Crippen LogP contribution in [0.2, 0.25) is 0 Å². The molecular weight excluding hydrogens is 272 g/mol. The van der Waals surface area contributed by atoms with Crippen molar-refractivity contribution < 1.29 is 0 Å². The van der Waals surface area contributed by atoms with Crippen molar-refractivity contribution in [2.24, 2.45) is 0 Å². The molecule has 84 valence electrons. The number of nitrogens with zero attached hydrogens (tertiary/aromatic N) is 1. The first kappa shape index (κ1) is 12.4. The third kappa shape index (κ3) is 2.93. The fourth-order valence-electron chi connectivity index (χ4n) is 1.12. The molecule has 0 aliphatic rings. The minimum absolute atomic E-state index is 0.224. The number of aromatic nitrogens is 2. The van der Waals surface area contributed by atoms with Gasteiger partial charge in [-0.25, -0.2) is 4.68 Å². The van der Waals surface area contributed by atoms with Crippen LogP contribution in [-0.4, -0.2) is 9.78 Å². The van der Waals surface area contributed by atoms with Crippen molar-refractivity contribution in [1.82, 2.24) is 9.78 Å². The molecule has 0 radical (unpaired) electrons. The number of hydrogen-bond acceptors (Lipinski definition) is 2. The van der Waals surface area contributed by atoms with Crippen molar-refractivity contribution in [2.45, 2.75) is 6.54 Å². The zero-order valence-corrected chi connectivity index (χ0v) is 10.2. The molecule has 0 bridgehead atoms. The van der Waals surface area contributed by atoms with Gasteiger partial charge in [0.25, 0.3) is 11.1 Å². The van der Waals surface area contributed by atoms with Crippen LogP contribution in [-0.2, 0) is 6.54 Å². The monoisotopic (exact) mass is 282 g/mol. The van der Waals surface area contributed by atoms with E-state index in [1.54, 1.807) is 18.2 Å². The summed E-state index contributed by atoms with van der Waals surface area (Å²) in [5.41, 5.74) is 0.153. The van der Waals surface area contributed by atoms with Crippen molar-refractivity contribution in [3.05, 3.63) is 68.2 Å². The summed E-state index contributed by atoms with van der Waals surface area (Å²) in [5, 5.41) is 2.45. The number of allylic oxidation sites excluding steroid dienone is 4. The van der Waals surface area contributed by atoms with Gasteiger partial charge in [0.1, 0.15) is 0 Å². The first-order valence-corrected chi connectivity index (χ1v) is 5.31. The lowest BCUT2D eigenvalue weighted by atomic mass is 10.2. The molecule has 0 saturated carbocycles. The first-order chi connectivity index (χ1) is 7.58. The van der Waals surface area contributed by atoms with Gasteiger partial charge in [0.2, 0.25) is 0 Å². The number of rotatable bonds is 4. The van der Waals surface area contributed by atoms with E-state index < -0.39 is 0 Å². The van der Waals surface area contributed by atoms with Gasteiger partial charge in [-0.2, -0.15) is 0 Å². The fraction of sp³-hybridized carbons (Fsp3) is 0.0909. The van der Waals surface area contributed by atoms with Gasteiger partial charge in [0.05, 0.1) is 11.0 Å². The van der Waals surface area contributed by atoms with Crippen molar-refractivity contribution in [1.29, 1.82) is 0 Å². The normalized spacial score (nSPS) is 11.2. The number of H-pyrrole nitrogens is 1. The average Bonchev–Trinajstić information content (AvgIpc) is 2.25. The highest BCUT2D eigenvalue weighted by Crippen LogP contribution is 2.00. The number of nitrogens with one attached hydrogen (secondary N) is 1. The number of hydrogen-bond donors (Lipinski definition) is 1. The molecular formula is C11H11BrN2O2. The molecule has 1 aromatic rings. The summed E-state index contributed by atoms with van der Waals surface area (Å²) in [5.74, 6) is 0. The molecule has 0 atom stereocenters. The maximum absolute atomic E-state index is 11.5. The van der Waals surface area contributed by atoms with Crippen LogP contribution < -0.4 is 11.1 Å². The van der Waals surface area contributed by atoms with Crippen LogP contribution in [0.15, 0.2) is 57.1 Å². The molecule has 0 aliphatic carbocycles. The summed E-state index contributed by atoms with van der Waals surface area (Å²) in [6.07, 6.45) is 4.92. The molecule has 0 aromatic carbocycles. The van der Waals surface area contributed by atoms with Crippen LogP contribution in [0.5, 0.6) is 0 Å². The molecule has 1 N–H and O–H groups in total. The van der Waals surface area contributed by atoms with Gasteiger partial charge >= 0.3 is 0 Å². The van der Waals surface area contributed by atoms with E-state index in [1.165, 1.54) is 10.7 Å². The molecule has 1 heterocycles. The van der Waals surface area contributed by atoms with E-state index in [2.05, 4.69) is 34.2 Å². The smallest absolute Gasteiger partial charge is 0.268 e. The second-order valence-electron chi connectivity index (χ2n) is 3.04. The summed E-state index contributed by atoms with van der Waals surface area (Å²) in [6.45, 7) is 7.43. The van der Waals surface area contributed by atoms with Crippen LogP contribution in [0.25, 0.3) is 0 Å². The van der Waals surface area contributed by atoms with Crippen molar-refractivity contribution in [3.63, 3.8) is 0 Å². The highest BCUT2D eigenvalue weighted by atomic mass is 79.9. The highest BCUT2D eigenvalue weighted by Gasteiger charge is 2.02. The van der Waals surface area contributed by atoms with Crippen molar-refractivity contribution in [2.75, 3.05) is 0 Å². The highest BCUT2D eigenvalue weighted by molar-refractivity contribution is 9.10. The Morgan fingerprint density at radius 2 is 2.19 bits per heavy atom. The Bertz CT molecular complexity index is 552. The Hall–Kier alpha value is -1.62. The van der Waals surface area contributed by atoms with E-state index in [0.717, 1.165) is 5.57 Å². The first-order valence-electron chi connectivity index (χ1n) is 4.52. The van der Waals surface area contributed by atoms with Crippen LogP contribution in [0.1, 0.15) is 0 Å². The average molecular weight is 283 g/mol. The Kier molecular flexibility index (Phi) is 4.25. The van der Waals surface area contributed by atoms with E-state index in [4.69, 9.17) is 0 Å². The van der Waals surface area contributed by atoms with Crippen LogP contribution in [0.3, 0.4) is 0 Å². The molecule has 0 amide bonds. The quantitative estimate of drug-likeness (QED) is 0.853. The van der Waals surface area contributed by atoms with E-state index in [9.17, 15) is 9.59 Å². The zero-order valence-electron chi connectivity index (χ0n) is 8.57. The molecule has 16 heavy (non-hydrogen) atoms. The fourth-order valence-corrected chi connectivity index (χ4v) is 1.40. The van der Waals surface area contributed by atoms with E-state index >= 15 is 0 Å². The third-order valence-electron chi connectivity index (χ3n) is 1.90. The SMILES string of the molecule is C=C/C=C(\C=C)Cn1[nH]c(=O)c(Br)cc1=O. The lowest BCUT2D eigenvalue weighted by molar-refractivity contribution is 0.624. The number of halogens is 1. The Labute approximate surface area is 101 Å². The van der Waals surface area contributed by atoms with E-state index in [-0.39, 0.29) is 22.1 Å². The number of aromatic amines is 1. The van der Waals surface area contributed by atoms with Gasteiger partial charge < -0.3 is 0 Å². The maximum atomic E-state index is 11.5. The second-order valence-corrected chi connectivity index (χ2v) is 3.89. The van der Waals surface area contributed by atoms with E-state index in [0.29, 0.717) is 0 Å². The lowest BCUT2D eigenvalue weighted by Gasteiger charge is -2.05. The standard InChI is InChI=1S/C11H11BrN2O2/c1-3-5-8(4-2)7-14-10(15)6-9(12)11(16)13-14/h3-6H,1-2,7H2,(H,13,16)/b8-5+. The van der Waals surface area contributed by atoms with Crippen molar-refractivity contribution >= 4 is 15.9 Å². The summed E-state index contributed by atoms with van der Waals surface area (Å²) in [4.78, 5) is 22.8. The molecule has 5 heteroatoms. The molecule has 0 saturated heterocycles. The summed E-state index contributed by atoms with van der Waals surface area (Å²) >= 11 is 2.99. The predicted octanol–water partition coefficient (Wildman–Crippen LogP) is 1.60. The molecule has 0 aliphatic heterocycles. The van der Waals surface area contributed by atoms with Gasteiger partial charge in [0, 0.05) is 6.07 Å². The Morgan fingerprint density at radius 1 is 1.50 bits per heavy atom. The van der Waals surface area contributed by atoms with Gasteiger partial charge in [0.15, 0.2) is 0 Å². The maximum Gasteiger partial charge on any atom is 0.277 e. The predicted molar refractivity (Wildman–Crippen MR) is 67.5 cm³/mol. The Morgan fingerprint density at radius 3 is 2.75 bits per heavy atom. The molecule has 1 aromatic heterocycles. The van der Waals surface area contributed by atoms with Gasteiger partial charge in [-0.1, -0.05) is 31.4 Å². The molecule has 0 spiro atoms. The van der Waals surface area contributed by atoms with E-state index in [1.807, 2.05) is 0 Å². The summed E-state index contributed by atoms with van der Waals surface area (Å²) < 4.78 is 1.44. The molecule has 0 fully saturated rings. The van der Waals surface area contributed by atoms with Gasteiger partial charge in [-0.15, -0.1) is 0 Å². The van der Waals surface area contributed by atoms with Crippen LogP contribution in [0, 0.1) is 0 Å². The van der Waals surface area contributed by atoms with Crippen LogP contribution >= 0.6 is 15.9 Å². The largest absolute Gasteiger partial charge is 0.277 e. The lowest BCUT2D eigenvalue weighted by Crippen LogP contribution is -2.29. The topological polar surface area (TPSA) is 54.9 Å². The van der Waals surface area contributed by atoms with Crippen molar-refractivity contribution in [3.8, 4) is 0 Å². The molecule has 1 rings (SSSR count). The summed E-state index contributed by atoms with van der Waals surface area (Å²) in [7, 11) is 0. The molecule has 0 unspecified atom stereocenters.